The molecule has 0 bridgehead atoms. The van der Waals surface area contributed by atoms with E-state index in [1.165, 1.54) is 0 Å². The lowest BCUT2D eigenvalue weighted by Crippen LogP contribution is -2.12. The van der Waals surface area contributed by atoms with E-state index >= 15 is 0 Å². The molecular weight excluding hydrogens is 294 g/mol. The van der Waals surface area contributed by atoms with Crippen molar-refractivity contribution >= 4 is 21.6 Å². The Morgan fingerprint density at radius 3 is 2.83 bits per heavy atom. The van der Waals surface area contributed by atoms with Crippen molar-refractivity contribution in [1.29, 1.82) is 5.26 Å². The minimum absolute atomic E-state index is 0.0294. The normalized spacial score (nSPS) is 11.9. The molecule has 2 aromatic rings. The van der Waals surface area contributed by atoms with Crippen LogP contribution in [0.15, 0.2) is 29.0 Å². The van der Waals surface area contributed by atoms with Gasteiger partial charge in [0.1, 0.15) is 6.33 Å². The maximum Gasteiger partial charge on any atom is 0.154 e. The molecule has 1 atom stereocenters. The largest absolute Gasteiger partial charge is 0.374 e. The van der Waals surface area contributed by atoms with Crippen molar-refractivity contribution in [3.63, 3.8) is 0 Å². The topological polar surface area (TPSA) is 66.5 Å². The molecule has 0 aliphatic carbocycles. The quantitative estimate of drug-likeness (QED) is 0.946. The first kappa shape index (κ1) is 12.6. The smallest absolute Gasteiger partial charge is 0.154 e. The monoisotopic (exact) mass is 305 g/mol. The van der Waals surface area contributed by atoms with Crippen LogP contribution in [0.4, 0.5) is 5.69 Å². The number of anilines is 1. The van der Waals surface area contributed by atoms with Crippen molar-refractivity contribution < 1.29 is 0 Å². The Balaban J connectivity index is 2.20. The highest BCUT2D eigenvalue weighted by molar-refractivity contribution is 9.10. The van der Waals surface area contributed by atoms with Crippen LogP contribution < -0.4 is 5.32 Å². The van der Waals surface area contributed by atoms with Gasteiger partial charge in [0, 0.05) is 17.2 Å². The third-order valence-electron chi connectivity index (χ3n) is 2.60. The number of halogens is 1. The molecule has 92 valence electrons. The van der Waals surface area contributed by atoms with Crippen LogP contribution in [0.5, 0.6) is 0 Å². The summed E-state index contributed by atoms with van der Waals surface area (Å²) in [5.41, 5.74) is 1.54. The van der Waals surface area contributed by atoms with Crippen LogP contribution in [-0.2, 0) is 7.05 Å². The highest BCUT2D eigenvalue weighted by Gasteiger charge is 2.12. The molecule has 5 nitrogen and oxygen atoms in total. The maximum absolute atomic E-state index is 8.81. The molecule has 1 unspecified atom stereocenters. The third-order valence-corrected chi connectivity index (χ3v) is 3.26. The fraction of sp³-hybridized carbons (Fsp3) is 0.250. The van der Waals surface area contributed by atoms with E-state index < -0.39 is 0 Å². The highest BCUT2D eigenvalue weighted by Crippen LogP contribution is 2.26. The molecule has 0 spiro atoms. The van der Waals surface area contributed by atoms with Gasteiger partial charge in [-0.25, -0.2) is 0 Å². The van der Waals surface area contributed by atoms with Crippen LogP contribution in [-0.4, -0.2) is 14.8 Å². The maximum atomic E-state index is 8.81. The Hall–Kier alpha value is -1.87. The summed E-state index contributed by atoms with van der Waals surface area (Å²) in [6.07, 6.45) is 1.67. The minimum Gasteiger partial charge on any atom is -0.374 e. The Labute approximate surface area is 114 Å². The van der Waals surface area contributed by atoms with Gasteiger partial charge in [-0.3, -0.25) is 0 Å². The number of hydrogen-bond acceptors (Lipinski definition) is 4. The molecule has 1 aromatic heterocycles. The van der Waals surface area contributed by atoms with Gasteiger partial charge in [0.05, 0.1) is 17.7 Å². The molecule has 0 amide bonds. The summed E-state index contributed by atoms with van der Waals surface area (Å²) in [5, 5.41) is 20.0. The molecule has 2 rings (SSSR count). The zero-order chi connectivity index (χ0) is 13.1. The number of rotatable bonds is 3. The Morgan fingerprint density at radius 2 is 2.28 bits per heavy atom. The molecule has 1 N–H and O–H groups in total. The van der Waals surface area contributed by atoms with Crippen molar-refractivity contribution in [2.24, 2.45) is 7.05 Å². The number of benzene rings is 1. The molecular formula is C12H12BrN5. The summed E-state index contributed by atoms with van der Waals surface area (Å²) in [5.74, 6) is 0.853. The van der Waals surface area contributed by atoms with E-state index in [0.717, 1.165) is 16.0 Å². The van der Waals surface area contributed by atoms with E-state index in [9.17, 15) is 0 Å². The molecule has 6 heteroatoms. The lowest BCUT2D eigenvalue weighted by Gasteiger charge is -2.15. The number of aryl methyl sites for hydroxylation is 1. The van der Waals surface area contributed by atoms with Crippen molar-refractivity contribution in [2.75, 3.05) is 5.32 Å². The second-order valence-corrected chi connectivity index (χ2v) is 4.83. The van der Waals surface area contributed by atoms with Crippen molar-refractivity contribution in [2.45, 2.75) is 13.0 Å². The number of hydrogen-bond donors (Lipinski definition) is 1. The van der Waals surface area contributed by atoms with E-state index in [4.69, 9.17) is 5.26 Å². The van der Waals surface area contributed by atoms with Crippen LogP contribution in [0.2, 0.25) is 0 Å². The summed E-state index contributed by atoms with van der Waals surface area (Å²) in [6.45, 7) is 2.01. The average molecular weight is 306 g/mol. The first-order valence-corrected chi connectivity index (χ1v) is 6.21. The lowest BCUT2D eigenvalue weighted by atomic mass is 10.2. The van der Waals surface area contributed by atoms with Gasteiger partial charge in [0.25, 0.3) is 0 Å². The summed E-state index contributed by atoms with van der Waals surface area (Å²) in [7, 11) is 1.90. The second-order valence-electron chi connectivity index (χ2n) is 3.97. The summed E-state index contributed by atoms with van der Waals surface area (Å²) in [4.78, 5) is 0. The standard InChI is InChI=1S/C12H12BrN5/c1-8(12-17-15-7-18(12)2)16-11-4-3-9(6-14)5-10(11)13/h3-5,7-8,16H,1-2H3. The fourth-order valence-corrected chi connectivity index (χ4v) is 2.18. The fourth-order valence-electron chi connectivity index (χ4n) is 1.68. The number of aromatic nitrogens is 3. The molecule has 1 aromatic carbocycles. The van der Waals surface area contributed by atoms with Crippen LogP contribution in [0, 0.1) is 11.3 Å². The molecule has 0 saturated carbocycles. The van der Waals surface area contributed by atoms with Gasteiger partial charge in [0.15, 0.2) is 5.82 Å². The first-order valence-electron chi connectivity index (χ1n) is 5.42. The van der Waals surface area contributed by atoms with Gasteiger partial charge in [-0.2, -0.15) is 5.26 Å². The van der Waals surface area contributed by atoms with E-state index in [-0.39, 0.29) is 6.04 Å². The van der Waals surface area contributed by atoms with Gasteiger partial charge in [-0.05, 0) is 41.1 Å². The molecule has 0 aliphatic rings. The Kier molecular flexibility index (Phi) is 3.63. The first-order chi connectivity index (χ1) is 8.61. The van der Waals surface area contributed by atoms with Gasteiger partial charge in [-0.1, -0.05) is 0 Å². The SMILES string of the molecule is CC(Nc1ccc(C#N)cc1Br)c1nncn1C. The van der Waals surface area contributed by atoms with Gasteiger partial charge < -0.3 is 9.88 Å². The number of nitrogens with one attached hydrogen (secondary N) is 1. The summed E-state index contributed by atoms with van der Waals surface area (Å²) in [6, 6.07) is 7.56. The highest BCUT2D eigenvalue weighted by atomic mass is 79.9. The molecule has 0 fully saturated rings. The molecule has 0 aliphatic heterocycles. The number of nitrogens with zero attached hydrogens (tertiary/aromatic N) is 4. The van der Waals surface area contributed by atoms with Crippen molar-refractivity contribution in [1.82, 2.24) is 14.8 Å². The molecule has 1 heterocycles. The summed E-state index contributed by atoms with van der Waals surface area (Å²) >= 11 is 3.44. The predicted molar refractivity (Wildman–Crippen MR) is 71.9 cm³/mol. The van der Waals surface area contributed by atoms with Crippen LogP contribution >= 0.6 is 15.9 Å². The molecule has 0 saturated heterocycles. The molecule has 0 radical (unpaired) electrons. The van der Waals surface area contributed by atoms with Gasteiger partial charge in [-0.15, -0.1) is 10.2 Å². The van der Waals surface area contributed by atoms with Crippen LogP contribution in [0.3, 0.4) is 0 Å². The van der Waals surface area contributed by atoms with E-state index in [1.807, 2.05) is 24.6 Å². The van der Waals surface area contributed by atoms with Crippen molar-refractivity contribution in [3.05, 3.63) is 40.4 Å². The van der Waals surface area contributed by atoms with Gasteiger partial charge in [0.2, 0.25) is 0 Å². The van der Waals surface area contributed by atoms with E-state index in [0.29, 0.717) is 5.56 Å². The average Bonchev–Trinajstić information content (AvgIpc) is 2.78. The van der Waals surface area contributed by atoms with Crippen molar-refractivity contribution in [3.8, 4) is 6.07 Å². The van der Waals surface area contributed by atoms with Crippen LogP contribution in [0.1, 0.15) is 24.4 Å². The lowest BCUT2D eigenvalue weighted by molar-refractivity contribution is 0.719. The predicted octanol–water partition coefficient (Wildman–Crippen LogP) is 2.62. The zero-order valence-electron chi connectivity index (χ0n) is 10.1. The van der Waals surface area contributed by atoms with Gasteiger partial charge >= 0.3 is 0 Å². The third kappa shape index (κ3) is 2.51. The zero-order valence-corrected chi connectivity index (χ0v) is 11.6. The second kappa shape index (κ2) is 5.19. The van der Waals surface area contributed by atoms with Crippen LogP contribution in [0.25, 0.3) is 0 Å². The minimum atomic E-state index is 0.0294. The number of nitriles is 1. The van der Waals surface area contributed by atoms with E-state index in [2.05, 4.69) is 37.5 Å². The van der Waals surface area contributed by atoms with E-state index in [1.54, 1.807) is 18.5 Å². The Bertz CT molecular complexity index is 599. The molecule has 18 heavy (non-hydrogen) atoms. The summed E-state index contributed by atoms with van der Waals surface area (Å²) < 4.78 is 2.73. The Morgan fingerprint density at radius 1 is 1.50 bits per heavy atom.